The van der Waals surface area contributed by atoms with Gasteiger partial charge in [0, 0.05) is 42.6 Å². The highest BCUT2D eigenvalue weighted by molar-refractivity contribution is 8.08. The van der Waals surface area contributed by atoms with Gasteiger partial charge in [0.2, 0.25) is 5.91 Å². The van der Waals surface area contributed by atoms with Gasteiger partial charge in [-0.3, -0.25) is 9.78 Å². The van der Waals surface area contributed by atoms with Gasteiger partial charge in [0.25, 0.3) is 0 Å². The molecule has 30 heavy (non-hydrogen) atoms. The molecule has 2 aliphatic rings. The van der Waals surface area contributed by atoms with E-state index in [2.05, 4.69) is 35.2 Å². The number of pyridine rings is 1. The maximum absolute atomic E-state index is 13.1. The van der Waals surface area contributed by atoms with Crippen molar-refractivity contribution in [3.63, 3.8) is 0 Å². The molecule has 2 N–H and O–H groups in total. The van der Waals surface area contributed by atoms with E-state index >= 15 is 0 Å². The fourth-order valence-electron chi connectivity index (χ4n) is 4.06. The average Bonchev–Trinajstić information content (AvgIpc) is 2.79. The topological polar surface area (TPSA) is 62.5 Å². The summed E-state index contributed by atoms with van der Waals surface area (Å²) in [7, 11) is 2.08. The molecule has 0 bridgehead atoms. The molecule has 162 valence electrons. The fraction of sp³-hybridized carbons (Fsp3) is 0.500. The van der Waals surface area contributed by atoms with E-state index in [4.69, 9.17) is 5.73 Å². The Bertz CT molecular complexity index is 829. The number of hydrogen-bond donors (Lipinski definition) is 1. The quantitative estimate of drug-likeness (QED) is 0.713. The third-order valence-electron chi connectivity index (χ3n) is 5.66. The lowest BCUT2D eigenvalue weighted by atomic mass is 9.92. The minimum Gasteiger partial charge on any atom is -0.398 e. The van der Waals surface area contributed by atoms with Crippen LogP contribution in [0, 0.1) is 5.41 Å². The third kappa shape index (κ3) is 5.76. The van der Waals surface area contributed by atoms with Gasteiger partial charge in [-0.25, -0.2) is 0 Å². The SMILES string of the molecule is CN1CCN(CS/C(=C(N)/C2=C/C/C=C\CCC2)c2ccncc2)C(=O)C(C)(C)C1. The van der Waals surface area contributed by atoms with Gasteiger partial charge in [-0.15, -0.1) is 11.8 Å². The molecule has 1 aliphatic heterocycles. The van der Waals surface area contributed by atoms with Crippen molar-refractivity contribution in [3.05, 3.63) is 59.6 Å². The molecule has 3 rings (SSSR count). The number of nitrogens with zero attached hydrogens (tertiary/aromatic N) is 3. The van der Waals surface area contributed by atoms with Crippen LogP contribution in [0.1, 0.15) is 45.1 Å². The molecule has 2 heterocycles. The molecule has 0 aromatic carbocycles. The van der Waals surface area contributed by atoms with Gasteiger partial charge in [0.1, 0.15) is 0 Å². The summed E-state index contributed by atoms with van der Waals surface area (Å²) in [6.07, 6.45) is 14.4. The Balaban J connectivity index is 1.87. The first-order valence-corrected chi connectivity index (χ1v) is 11.7. The van der Waals surface area contributed by atoms with E-state index < -0.39 is 0 Å². The zero-order chi connectivity index (χ0) is 21.6. The van der Waals surface area contributed by atoms with Crippen molar-refractivity contribution in [2.75, 3.05) is 32.6 Å². The summed E-state index contributed by atoms with van der Waals surface area (Å²) in [6.45, 7) is 6.48. The Morgan fingerprint density at radius 1 is 1.23 bits per heavy atom. The Morgan fingerprint density at radius 2 is 2.00 bits per heavy atom. The zero-order valence-electron chi connectivity index (χ0n) is 18.4. The molecule has 1 fully saturated rings. The highest BCUT2D eigenvalue weighted by Crippen LogP contribution is 2.35. The number of aromatic nitrogens is 1. The van der Waals surface area contributed by atoms with Gasteiger partial charge >= 0.3 is 0 Å². The van der Waals surface area contributed by atoms with Crippen molar-refractivity contribution >= 4 is 22.6 Å². The van der Waals surface area contributed by atoms with Gasteiger partial charge in [0.05, 0.1) is 11.3 Å². The molecule has 1 saturated heterocycles. The Kier molecular flexibility index (Phi) is 7.78. The zero-order valence-corrected chi connectivity index (χ0v) is 19.3. The summed E-state index contributed by atoms with van der Waals surface area (Å²) in [5.74, 6) is 0.809. The molecule has 0 unspecified atom stereocenters. The molecular formula is C24H34N4OS. The van der Waals surface area contributed by atoms with Crippen molar-refractivity contribution < 1.29 is 4.79 Å². The Labute approximate surface area is 185 Å². The van der Waals surface area contributed by atoms with E-state index in [1.54, 1.807) is 24.2 Å². The van der Waals surface area contributed by atoms with Gasteiger partial charge in [-0.1, -0.05) is 18.2 Å². The predicted molar refractivity (Wildman–Crippen MR) is 126 cm³/mol. The number of nitrogens with two attached hydrogens (primary N) is 1. The number of amides is 1. The summed E-state index contributed by atoms with van der Waals surface area (Å²) in [5, 5.41) is 0. The van der Waals surface area contributed by atoms with Crippen LogP contribution in [0.5, 0.6) is 0 Å². The van der Waals surface area contributed by atoms with E-state index in [0.29, 0.717) is 5.88 Å². The van der Waals surface area contributed by atoms with Crippen molar-refractivity contribution in [2.24, 2.45) is 11.1 Å². The Hall–Kier alpha value is -2.05. The first-order valence-electron chi connectivity index (χ1n) is 10.7. The highest BCUT2D eigenvalue weighted by atomic mass is 32.2. The maximum atomic E-state index is 13.1. The lowest BCUT2D eigenvalue weighted by Gasteiger charge is -2.29. The van der Waals surface area contributed by atoms with Crippen LogP contribution in [-0.4, -0.2) is 53.2 Å². The van der Waals surface area contributed by atoms with Crippen LogP contribution in [0.4, 0.5) is 0 Å². The van der Waals surface area contributed by atoms with Crippen LogP contribution in [0.2, 0.25) is 0 Å². The lowest BCUT2D eigenvalue weighted by molar-refractivity contribution is -0.138. The van der Waals surface area contributed by atoms with E-state index in [1.807, 2.05) is 30.9 Å². The number of allylic oxidation sites excluding steroid dienone is 4. The fourth-order valence-corrected chi connectivity index (χ4v) is 5.18. The molecule has 1 aromatic heterocycles. The highest BCUT2D eigenvalue weighted by Gasteiger charge is 2.35. The number of carbonyl (C=O) groups excluding carboxylic acids is 1. The minimum absolute atomic E-state index is 0.210. The Morgan fingerprint density at radius 3 is 2.77 bits per heavy atom. The molecule has 0 atom stereocenters. The summed E-state index contributed by atoms with van der Waals surface area (Å²) >= 11 is 1.66. The standard InChI is InChI=1S/C24H34N4OS/c1-24(2)17-27(3)15-16-28(23(24)29)18-30-22(20-11-13-26-14-12-20)21(25)19-9-7-5-4-6-8-10-19/h4-5,9,11-14H,6-8,10,15-18,25H2,1-3H3/b5-4-,19-9+,22-21-. The molecular weight excluding hydrogens is 392 g/mol. The molecule has 0 spiro atoms. The molecule has 0 radical (unpaired) electrons. The second-order valence-corrected chi connectivity index (χ2v) is 9.73. The second kappa shape index (κ2) is 10.3. The van der Waals surface area contributed by atoms with Crippen LogP contribution < -0.4 is 5.73 Å². The number of hydrogen-bond acceptors (Lipinski definition) is 5. The lowest BCUT2D eigenvalue weighted by Crippen LogP contribution is -2.41. The number of thioether (sulfide) groups is 1. The van der Waals surface area contributed by atoms with Crippen LogP contribution in [0.15, 0.2) is 54.0 Å². The number of likely N-dealkylation sites (N-methyl/N-ethyl adjacent to an activating group) is 1. The van der Waals surface area contributed by atoms with E-state index in [-0.39, 0.29) is 11.3 Å². The predicted octanol–water partition coefficient (Wildman–Crippen LogP) is 4.26. The van der Waals surface area contributed by atoms with Crippen molar-refractivity contribution in [2.45, 2.75) is 39.5 Å². The first-order chi connectivity index (χ1) is 14.4. The number of rotatable bonds is 5. The first kappa shape index (κ1) is 22.6. The summed E-state index contributed by atoms with van der Waals surface area (Å²) in [5.41, 5.74) is 9.46. The summed E-state index contributed by atoms with van der Waals surface area (Å²) in [4.78, 5) is 22.6. The normalized spacial score (nSPS) is 24.2. The van der Waals surface area contributed by atoms with Gasteiger partial charge < -0.3 is 15.5 Å². The average molecular weight is 427 g/mol. The molecule has 1 amide bonds. The smallest absolute Gasteiger partial charge is 0.230 e. The van der Waals surface area contributed by atoms with Crippen LogP contribution in [0.3, 0.4) is 0 Å². The van der Waals surface area contributed by atoms with Crippen LogP contribution >= 0.6 is 11.8 Å². The van der Waals surface area contributed by atoms with Gasteiger partial charge in [-0.2, -0.15) is 0 Å². The van der Waals surface area contributed by atoms with Crippen molar-refractivity contribution in [1.82, 2.24) is 14.8 Å². The molecule has 1 aliphatic carbocycles. The van der Waals surface area contributed by atoms with Crippen LogP contribution in [0.25, 0.3) is 4.91 Å². The largest absolute Gasteiger partial charge is 0.398 e. The van der Waals surface area contributed by atoms with Crippen molar-refractivity contribution in [3.8, 4) is 0 Å². The maximum Gasteiger partial charge on any atom is 0.230 e. The number of carbonyl (C=O) groups is 1. The van der Waals surface area contributed by atoms with E-state index in [9.17, 15) is 4.79 Å². The minimum atomic E-state index is -0.383. The van der Waals surface area contributed by atoms with E-state index in [0.717, 1.165) is 61.5 Å². The molecule has 0 saturated carbocycles. The monoisotopic (exact) mass is 426 g/mol. The summed E-state index contributed by atoms with van der Waals surface area (Å²) in [6, 6.07) is 4.00. The third-order valence-corrected chi connectivity index (χ3v) is 6.85. The molecule has 5 nitrogen and oxygen atoms in total. The van der Waals surface area contributed by atoms with E-state index in [1.165, 1.54) is 5.57 Å². The van der Waals surface area contributed by atoms with Gasteiger partial charge in [0.15, 0.2) is 0 Å². The summed E-state index contributed by atoms with van der Waals surface area (Å²) < 4.78 is 0. The van der Waals surface area contributed by atoms with Crippen LogP contribution in [-0.2, 0) is 4.79 Å². The van der Waals surface area contributed by atoms with Crippen molar-refractivity contribution in [1.29, 1.82) is 0 Å². The second-order valence-electron chi connectivity index (χ2n) is 8.77. The molecule has 6 heteroatoms. The van der Waals surface area contributed by atoms with Gasteiger partial charge in [-0.05, 0) is 69.8 Å². The molecule has 1 aromatic rings.